The van der Waals surface area contributed by atoms with Crippen LogP contribution >= 0.6 is 0 Å². The van der Waals surface area contributed by atoms with E-state index in [2.05, 4.69) is 50.1 Å². The summed E-state index contributed by atoms with van der Waals surface area (Å²) in [7, 11) is 2.20. The van der Waals surface area contributed by atoms with E-state index < -0.39 is 0 Å². The van der Waals surface area contributed by atoms with E-state index in [1.54, 1.807) is 0 Å². The van der Waals surface area contributed by atoms with Crippen LogP contribution in [0.25, 0.3) is 0 Å². The summed E-state index contributed by atoms with van der Waals surface area (Å²) in [4.78, 5) is 2.38. The average molecular weight is 618 g/mol. The van der Waals surface area contributed by atoms with Crippen LogP contribution in [0.15, 0.2) is 24.3 Å². The van der Waals surface area contributed by atoms with Crippen molar-refractivity contribution in [2.45, 2.75) is 206 Å². The van der Waals surface area contributed by atoms with Gasteiger partial charge in [-0.2, -0.15) is 0 Å². The molecule has 1 fully saturated rings. The number of hydrogen-bond acceptors (Lipinski definition) is 3. The van der Waals surface area contributed by atoms with E-state index in [1.165, 1.54) is 180 Å². The molecule has 44 heavy (non-hydrogen) atoms. The summed E-state index contributed by atoms with van der Waals surface area (Å²) in [5.74, 6) is 0. The van der Waals surface area contributed by atoms with Crippen LogP contribution in [-0.4, -0.2) is 50.5 Å². The zero-order chi connectivity index (χ0) is 31.6. The first-order valence-corrected chi connectivity index (χ1v) is 20.0. The highest BCUT2D eigenvalue weighted by molar-refractivity contribution is 4.84. The Balaban J connectivity index is 1.86. The molecule has 0 saturated carbocycles. The van der Waals surface area contributed by atoms with Crippen molar-refractivity contribution in [3.05, 3.63) is 24.3 Å². The van der Waals surface area contributed by atoms with Crippen LogP contribution in [0.4, 0.5) is 0 Å². The summed E-state index contributed by atoms with van der Waals surface area (Å²) in [6.07, 6.45) is 48.0. The van der Waals surface area contributed by atoms with E-state index in [0.717, 1.165) is 26.3 Å². The number of rotatable bonds is 34. The minimum atomic E-state index is 0.265. The van der Waals surface area contributed by atoms with E-state index >= 15 is 0 Å². The molecule has 0 radical (unpaired) electrons. The SMILES string of the molecule is CCCCCCC=CCCCCCCCCCCOC1CN(C)C[C@H]1OCCCCCCCCCCC=CCCCCCC. The molecule has 0 amide bonds. The fourth-order valence-electron chi connectivity index (χ4n) is 6.41. The maximum Gasteiger partial charge on any atom is 0.0975 e. The molecule has 2 atom stereocenters. The summed E-state index contributed by atoms with van der Waals surface area (Å²) in [6, 6.07) is 0. The standard InChI is InChI=1S/C41H79NO2/c1-4-6-8-10-12-14-16-18-20-22-24-26-28-30-32-34-36-43-40-38-42(3)39-41(40)44-37-35-33-31-29-27-25-23-21-19-17-15-13-11-9-7-5-2/h14-17,40-41H,4-13,18-39H2,1-3H3/t40-,41?/m1/s1. The van der Waals surface area contributed by atoms with Gasteiger partial charge in [0.15, 0.2) is 0 Å². The normalized spacial score (nSPS) is 17.6. The Morgan fingerprint density at radius 3 is 1.00 bits per heavy atom. The highest BCUT2D eigenvalue weighted by Crippen LogP contribution is 2.18. The summed E-state index contributed by atoms with van der Waals surface area (Å²) >= 11 is 0. The highest BCUT2D eigenvalue weighted by Gasteiger charge is 2.32. The van der Waals surface area contributed by atoms with Gasteiger partial charge in [0.1, 0.15) is 0 Å². The number of likely N-dealkylation sites (tertiary alicyclic amines) is 1. The average Bonchev–Trinajstić information content (AvgIpc) is 3.38. The van der Waals surface area contributed by atoms with Crippen molar-refractivity contribution >= 4 is 0 Å². The maximum atomic E-state index is 6.31. The van der Waals surface area contributed by atoms with Crippen LogP contribution in [0.5, 0.6) is 0 Å². The predicted molar refractivity (Wildman–Crippen MR) is 196 cm³/mol. The van der Waals surface area contributed by atoms with Gasteiger partial charge in [-0.15, -0.1) is 0 Å². The zero-order valence-corrected chi connectivity index (χ0v) is 30.4. The number of nitrogens with zero attached hydrogens (tertiary/aromatic N) is 1. The third-order valence-corrected chi connectivity index (χ3v) is 9.37. The summed E-state index contributed by atoms with van der Waals surface area (Å²) < 4.78 is 12.6. The monoisotopic (exact) mass is 618 g/mol. The maximum absolute atomic E-state index is 6.31. The molecule has 0 spiro atoms. The van der Waals surface area contributed by atoms with Crippen molar-refractivity contribution in [1.82, 2.24) is 4.90 Å². The van der Waals surface area contributed by atoms with Gasteiger partial charge in [-0.3, -0.25) is 0 Å². The first-order chi connectivity index (χ1) is 21.8. The molecule has 0 aliphatic carbocycles. The number of hydrogen-bond donors (Lipinski definition) is 0. The largest absolute Gasteiger partial charge is 0.374 e. The van der Waals surface area contributed by atoms with Crippen LogP contribution in [-0.2, 0) is 9.47 Å². The topological polar surface area (TPSA) is 21.7 Å². The molecule has 260 valence electrons. The van der Waals surface area contributed by atoms with Gasteiger partial charge in [-0.1, -0.05) is 154 Å². The molecule has 1 saturated heterocycles. The summed E-state index contributed by atoms with van der Waals surface area (Å²) in [6.45, 7) is 8.41. The van der Waals surface area contributed by atoms with Crippen molar-refractivity contribution in [2.24, 2.45) is 0 Å². The van der Waals surface area contributed by atoms with Crippen molar-refractivity contribution in [1.29, 1.82) is 0 Å². The molecule has 0 N–H and O–H groups in total. The first kappa shape index (κ1) is 41.4. The number of unbranched alkanes of at least 4 members (excludes halogenated alkanes) is 24. The second kappa shape index (κ2) is 33.7. The highest BCUT2D eigenvalue weighted by atomic mass is 16.5. The molecular formula is C41H79NO2. The second-order valence-electron chi connectivity index (χ2n) is 13.9. The third kappa shape index (κ3) is 27.7. The van der Waals surface area contributed by atoms with Gasteiger partial charge in [0.2, 0.25) is 0 Å². The Hall–Kier alpha value is -0.640. The van der Waals surface area contributed by atoms with E-state index in [1.807, 2.05) is 0 Å². The van der Waals surface area contributed by atoms with Crippen LogP contribution < -0.4 is 0 Å². The first-order valence-electron chi connectivity index (χ1n) is 20.0. The van der Waals surface area contributed by atoms with Crippen LogP contribution in [0, 0.1) is 0 Å². The Morgan fingerprint density at radius 1 is 0.409 bits per heavy atom. The molecule has 3 nitrogen and oxygen atoms in total. The second-order valence-corrected chi connectivity index (χ2v) is 13.9. The van der Waals surface area contributed by atoms with Crippen molar-refractivity contribution in [3.8, 4) is 0 Å². The minimum Gasteiger partial charge on any atom is -0.374 e. The summed E-state index contributed by atoms with van der Waals surface area (Å²) in [5, 5.41) is 0. The van der Waals surface area contributed by atoms with Crippen molar-refractivity contribution in [3.63, 3.8) is 0 Å². The Morgan fingerprint density at radius 2 is 0.682 bits per heavy atom. The van der Waals surface area contributed by atoms with E-state index in [0.29, 0.717) is 0 Å². The van der Waals surface area contributed by atoms with Crippen LogP contribution in [0.3, 0.4) is 0 Å². The predicted octanol–water partition coefficient (Wildman–Crippen LogP) is 12.8. The van der Waals surface area contributed by atoms with Gasteiger partial charge >= 0.3 is 0 Å². The number of allylic oxidation sites excluding steroid dienone is 4. The molecule has 1 heterocycles. The van der Waals surface area contributed by atoms with Crippen LogP contribution in [0.1, 0.15) is 194 Å². The lowest BCUT2D eigenvalue weighted by atomic mass is 10.1. The van der Waals surface area contributed by atoms with Crippen LogP contribution in [0.2, 0.25) is 0 Å². The molecule has 0 aromatic carbocycles. The smallest absolute Gasteiger partial charge is 0.0975 e. The van der Waals surface area contributed by atoms with E-state index in [-0.39, 0.29) is 12.2 Å². The van der Waals surface area contributed by atoms with Gasteiger partial charge in [-0.05, 0) is 71.3 Å². The molecule has 0 bridgehead atoms. The lowest BCUT2D eigenvalue weighted by Crippen LogP contribution is -2.30. The number of likely N-dealkylation sites (N-methyl/N-ethyl adjacent to an activating group) is 1. The molecule has 1 rings (SSSR count). The Labute approximate surface area is 277 Å². The minimum absolute atomic E-state index is 0.265. The van der Waals surface area contributed by atoms with Crippen molar-refractivity contribution in [2.75, 3.05) is 33.4 Å². The lowest BCUT2D eigenvalue weighted by molar-refractivity contribution is -0.0481. The van der Waals surface area contributed by atoms with Gasteiger partial charge in [0.25, 0.3) is 0 Å². The van der Waals surface area contributed by atoms with Crippen molar-refractivity contribution < 1.29 is 9.47 Å². The Bertz CT molecular complexity index is 566. The Kier molecular flexibility index (Phi) is 31.7. The van der Waals surface area contributed by atoms with Gasteiger partial charge in [-0.25, -0.2) is 0 Å². The molecule has 0 aromatic heterocycles. The fourth-order valence-corrected chi connectivity index (χ4v) is 6.41. The molecule has 0 aromatic rings. The van der Waals surface area contributed by atoms with Gasteiger partial charge in [0.05, 0.1) is 12.2 Å². The third-order valence-electron chi connectivity index (χ3n) is 9.37. The molecular weight excluding hydrogens is 538 g/mol. The number of ether oxygens (including phenoxy) is 2. The fraction of sp³-hybridized carbons (Fsp3) is 0.902. The molecule has 1 unspecified atom stereocenters. The van der Waals surface area contributed by atoms with E-state index in [4.69, 9.17) is 9.47 Å². The zero-order valence-electron chi connectivity index (χ0n) is 30.4. The van der Waals surface area contributed by atoms with Gasteiger partial charge in [0, 0.05) is 26.3 Å². The molecule has 3 heteroatoms. The molecule has 1 aliphatic rings. The van der Waals surface area contributed by atoms with E-state index in [9.17, 15) is 0 Å². The lowest BCUT2D eigenvalue weighted by Gasteiger charge is -2.20. The summed E-state index contributed by atoms with van der Waals surface area (Å²) in [5.41, 5.74) is 0. The van der Waals surface area contributed by atoms with Gasteiger partial charge < -0.3 is 14.4 Å². The quantitative estimate of drug-likeness (QED) is 0.0529. The molecule has 1 aliphatic heterocycles.